The summed E-state index contributed by atoms with van der Waals surface area (Å²) in [6.07, 6.45) is 1.69. The molecule has 18 heavy (non-hydrogen) atoms. The molecule has 2 heterocycles. The maximum atomic E-state index is 5.91. The Morgan fingerprint density at radius 2 is 2.06 bits per heavy atom. The number of para-hydroxylation sites is 1. The van der Waals surface area contributed by atoms with Gasteiger partial charge < -0.3 is 15.1 Å². The maximum absolute atomic E-state index is 5.91. The summed E-state index contributed by atoms with van der Waals surface area (Å²) in [5.74, 6) is 1.000. The number of fused-ring (bicyclic) bond motifs is 1. The zero-order chi connectivity index (χ0) is 12.5. The molecule has 92 valence electrons. The van der Waals surface area contributed by atoms with Crippen molar-refractivity contribution >= 4 is 10.9 Å². The quantitative estimate of drug-likeness (QED) is 0.738. The summed E-state index contributed by atoms with van der Waals surface area (Å²) in [7, 11) is 0. The second-order valence-corrected chi connectivity index (χ2v) is 4.51. The van der Waals surface area contributed by atoms with Crippen LogP contribution in [0.5, 0.6) is 0 Å². The highest BCUT2D eigenvalue weighted by Gasteiger charge is 2.20. The second-order valence-electron chi connectivity index (χ2n) is 4.51. The Kier molecular flexibility index (Phi) is 2.68. The van der Waals surface area contributed by atoms with Crippen molar-refractivity contribution in [2.75, 3.05) is 6.54 Å². The number of hydrogen-bond acceptors (Lipinski definition) is 2. The first-order chi connectivity index (χ1) is 8.81. The van der Waals surface area contributed by atoms with Crippen LogP contribution in [0.3, 0.4) is 0 Å². The van der Waals surface area contributed by atoms with Crippen LogP contribution in [0.1, 0.15) is 22.9 Å². The van der Waals surface area contributed by atoms with Crippen LogP contribution in [-0.4, -0.2) is 11.5 Å². The van der Waals surface area contributed by atoms with Crippen molar-refractivity contribution in [1.29, 1.82) is 0 Å². The number of H-pyrrole nitrogens is 1. The molecule has 3 rings (SSSR count). The summed E-state index contributed by atoms with van der Waals surface area (Å²) >= 11 is 0. The van der Waals surface area contributed by atoms with E-state index < -0.39 is 0 Å². The van der Waals surface area contributed by atoms with Crippen molar-refractivity contribution < 1.29 is 4.42 Å². The number of aryl methyl sites for hydroxylation is 1. The van der Waals surface area contributed by atoms with Gasteiger partial charge in [0.2, 0.25) is 0 Å². The molecular formula is C15H16N2O. The third-order valence-corrected chi connectivity index (χ3v) is 3.48. The molecule has 3 nitrogen and oxygen atoms in total. The lowest BCUT2D eigenvalue weighted by Crippen LogP contribution is -2.14. The summed E-state index contributed by atoms with van der Waals surface area (Å²) in [4.78, 5) is 3.46. The van der Waals surface area contributed by atoms with Gasteiger partial charge in [0.25, 0.3) is 0 Å². The van der Waals surface area contributed by atoms with Gasteiger partial charge in [-0.2, -0.15) is 0 Å². The van der Waals surface area contributed by atoms with Crippen molar-refractivity contribution in [3.63, 3.8) is 0 Å². The van der Waals surface area contributed by atoms with E-state index in [2.05, 4.69) is 30.1 Å². The van der Waals surface area contributed by atoms with E-state index in [0.717, 1.165) is 17.0 Å². The van der Waals surface area contributed by atoms with Gasteiger partial charge in [-0.15, -0.1) is 0 Å². The minimum Gasteiger partial charge on any atom is -0.469 e. The zero-order valence-corrected chi connectivity index (χ0v) is 10.3. The van der Waals surface area contributed by atoms with Crippen molar-refractivity contribution in [2.45, 2.75) is 12.8 Å². The number of rotatable bonds is 3. The van der Waals surface area contributed by atoms with Crippen molar-refractivity contribution in [3.05, 3.63) is 59.7 Å². The van der Waals surface area contributed by atoms with Crippen LogP contribution in [-0.2, 0) is 0 Å². The molecule has 0 saturated heterocycles. The van der Waals surface area contributed by atoms with Crippen LogP contribution in [0.25, 0.3) is 10.9 Å². The molecule has 0 fully saturated rings. The van der Waals surface area contributed by atoms with Crippen LogP contribution in [0, 0.1) is 6.92 Å². The summed E-state index contributed by atoms with van der Waals surface area (Å²) in [5.41, 5.74) is 9.45. The predicted molar refractivity (Wildman–Crippen MR) is 72.6 cm³/mol. The maximum Gasteiger partial charge on any atom is 0.114 e. The van der Waals surface area contributed by atoms with Gasteiger partial charge in [0, 0.05) is 23.1 Å². The average Bonchev–Trinajstić information content (AvgIpc) is 3.01. The summed E-state index contributed by atoms with van der Waals surface area (Å²) in [6.45, 7) is 2.65. The Hall–Kier alpha value is -2.00. The van der Waals surface area contributed by atoms with Gasteiger partial charge >= 0.3 is 0 Å². The van der Waals surface area contributed by atoms with Crippen molar-refractivity contribution in [1.82, 2.24) is 4.98 Å². The molecule has 1 unspecified atom stereocenters. The van der Waals surface area contributed by atoms with E-state index in [4.69, 9.17) is 10.2 Å². The predicted octanol–water partition coefficient (Wildman–Crippen LogP) is 3.16. The summed E-state index contributed by atoms with van der Waals surface area (Å²) in [6, 6.07) is 12.2. The van der Waals surface area contributed by atoms with Gasteiger partial charge in [-0.3, -0.25) is 0 Å². The van der Waals surface area contributed by atoms with Crippen LogP contribution >= 0.6 is 0 Å². The lowest BCUT2D eigenvalue weighted by molar-refractivity contribution is 0.484. The Bertz CT molecular complexity index is 652. The number of furan rings is 1. The molecule has 0 radical (unpaired) electrons. The number of hydrogen-bond donors (Lipinski definition) is 2. The lowest BCUT2D eigenvalue weighted by Gasteiger charge is -2.11. The summed E-state index contributed by atoms with van der Waals surface area (Å²) in [5, 5.41) is 1.25. The lowest BCUT2D eigenvalue weighted by atomic mass is 9.99. The van der Waals surface area contributed by atoms with Gasteiger partial charge in [0.15, 0.2) is 0 Å². The second kappa shape index (κ2) is 4.35. The first kappa shape index (κ1) is 11.1. The van der Waals surface area contributed by atoms with E-state index in [-0.39, 0.29) is 5.92 Å². The van der Waals surface area contributed by atoms with E-state index in [0.29, 0.717) is 6.54 Å². The fraction of sp³-hybridized carbons (Fsp3) is 0.200. The highest BCUT2D eigenvalue weighted by atomic mass is 16.3. The smallest absolute Gasteiger partial charge is 0.114 e. The fourth-order valence-electron chi connectivity index (χ4n) is 2.52. The fourth-order valence-corrected chi connectivity index (χ4v) is 2.52. The number of aromatic amines is 1. The molecule has 0 spiro atoms. The molecule has 0 aliphatic carbocycles. The Labute approximate surface area is 106 Å². The minimum absolute atomic E-state index is 0.0902. The molecule has 1 atom stereocenters. The average molecular weight is 240 g/mol. The molecule has 1 aromatic carbocycles. The monoisotopic (exact) mass is 240 g/mol. The van der Waals surface area contributed by atoms with Crippen molar-refractivity contribution in [2.24, 2.45) is 5.73 Å². The third-order valence-electron chi connectivity index (χ3n) is 3.48. The SMILES string of the molecule is Cc1c(C(CN)c2ccco2)[nH]c2ccccc12. The standard InChI is InChI=1S/C15H16N2O/c1-10-11-5-2-3-6-13(11)17-15(10)12(9-16)14-7-4-8-18-14/h2-8,12,17H,9,16H2,1H3. The summed E-state index contributed by atoms with van der Waals surface area (Å²) < 4.78 is 5.49. The topological polar surface area (TPSA) is 54.9 Å². The van der Waals surface area contributed by atoms with Crippen LogP contribution < -0.4 is 5.73 Å². The molecule has 0 amide bonds. The largest absolute Gasteiger partial charge is 0.469 e. The Morgan fingerprint density at radius 3 is 2.72 bits per heavy atom. The molecule has 2 aromatic heterocycles. The highest BCUT2D eigenvalue weighted by molar-refractivity contribution is 5.84. The van der Waals surface area contributed by atoms with Gasteiger partial charge in [-0.1, -0.05) is 18.2 Å². The molecule has 0 saturated carbocycles. The van der Waals surface area contributed by atoms with Crippen molar-refractivity contribution in [3.8, 4) is 0 Å². The third kappa shape index (κ3) is 1.64. The van der Waals surface area contributed by atoms with Gasteiger partial charge in [-0.05, 0) is 30.7 Å². The van der Waals surface area contributed by atoms with E-state index in [1.54, 1.807) is 6.26 Å². The van der Waals surface area contributed by atoms with Gasteiger partial charge in [0.1, 0.15) is 5.76 Å². The van der Waals surface area contributed by atoms with Crippen LogP contribution in [0.2, 0.25) is 0 Å². The van der Waals surface area contributed by atoms with Crippen LogP contribution in [0.15, 0.2) is 47.1 Å². The first-order valence-electron chi connectivity index (χ1n) is 6.12. The normalized spacial score (nSPS) is 13.0. The van der Waals surface area contributed by atoms with Gasteiger partial charge in [-0.25, -0.2) is 0 Å². The van der Waals surface area contributed by atoms with Gasteiger partial charge in [0.05, 0.1) is 12.2 Å². The molecule has 0 aliphatic rings. The Balaban J connectivity index is 2.16. The number of nitrogens with one attached hydrogen (secondary N) is 1. The molecular weight excluding hydrogens is 224 g/mol. The minimum atomic E-state index is 0.0902. The zero-order valence-electron chi connectivity index (χ0n) is 10.3. The highest BCUT2D eigenvalue weighted by Crippen LogP contribution is 2.30. The van der Waals surface area contributed by atoms with Crippen LogP contribution in [0.4, 0.5) is 0 Å². The number of benzene rings is 1. The van der Waals surface area contributed by atoms with E-state index in [9.17, 15) is 0 Å². The molecule has 3 heteroatoms. The molecule has 3 N–H and O–H groups in total. The molecule has 0 bridgehead atoms. The van der Waals surface area contributed by atoms with E-state index >= 15 is 0 Å². The molecule has 3 aromatic rings. The number of aromatic nitrogens is 1. The number of nitrogens with two attached hydrogens (primary N) is 1. The molecule has 0 aliphatic heterocycles. The van der Waals surface area contributed by atoms with E-state index in [1.165, 1.54) is 10.9 Å². The Morgan fingerprint density at radius 1 is 1.22 bits per heavy atom. The van der Waals surface area contributed by atoms with E-state index in [1.807, 2.05) is 18.2 Å². The first-order valence-corrected chi connectivity index (χ1v) is 6.12.